The van der Waals surface area contributed by atoms with Crippen molar-refractivity contribution in [3.05, 3.63) is 83.6 Å². The number of methoxy groups -OCH3 is 1. The first kappa shape index (κ1) is 18.8. The topological polar surface area (TPSA) is 111 Å². The van der Waals surface area contributed by atoms with E-state index in [9.17, 15) is 14.4 Å². The van der Waals surface area contributed by atoms with Crippen molar-refractivity contribution >= 4 is 23.5 Å². The highest BCUT2D eigenvalue weighted by Gasteiger charge is 2.13. The number of carbonyl (C=O) groups is 3. The summed E-state index contributed by atoms with van der Waals surface area (Å²) < 4.78 is 9.65. The fourth-order valence-electron chi connectivity index (χ4n) is 2.48. The number of aromatic nitrogens is 1. The van der Waals surface area contributed by atoms with Gasteiger partial charge in [0, 0.05) is 24.6 Å². The van der Waals surface area contributed by atoms with Gasteiger partial charge in [-0.05, 0) is 42.0 Å². The zero-order valence-corrected chi connectivity index (χ0v) is 15.0. The monoisotopic (exact) mass is 379 g/mol. The summed E-state index contributed by atoms with van der Waals surface area (Å²) in [6, 6.07) is 9.57. The molecule has 0 aliphatic rings. The van der Waals surface area contributed by atoms with E-state index < -0.39 is 5.97 Å². The van der Waals surface area contributed by atoms with Gasteiger partial charge in [0.2, 0.25) is 0 Å². The van der Waals surface area contributed by atoms with Crippen LogP contribution in [0.4, 0.5) is 5.69 Å². The number of benzene rings is 1. The summed E-state index contributed by atoms with van der Waals surface area (Å²) in [7, 11) is 1.27. The van der Waals surface area contributed by atoms with Crippen LogP contribution in [0.1, 0.15) is 36.6 Å². The minimum absolute atomic E-state index is 0.146. The molecule has 2 aromatic heterocycles. The van der Waals surface area contributed by atoms with Crippen molar-refractivity contribution in [1.82, 2.24) is 10.3 Å². The molecule has 142 valence electrons. The fourth-order valence-corrected chi connectivity index (χ4v) is 2.48. The lowest BCUT2D eigenvalue weighted by Crippen LogP contribution is -2.23. The van der Waals surface area contributed by atoms with Crippen LogP contribution >= 0.6 is 0 Å². The van der Waals surface area contributed by atoms with Gasteiger partial charge < -0.3 is 19.8 Å². The Kier molecular flexibility index (Phi) is 5.81. The predicted molar refractivity (Wildman–Crippen MR) is 99.8 cm³/mol. The molecule has 0 fully saturated rings. The molecule has 2 amide bonds. The highest BCUT2D eigenvalue weighted by Crippen LogP contribution is 2.17. The molecule has 0 aliphatic heterocycles. The molecule has 0 radical (unpaired) electrons. The minimum atomic E-state index is -0.556. The summed E-state index contributed by atoms with van der Waals surface area (Å²) in [6.45, 7) is 0.146. The van der Waals surface area contributed by atoms with Crippen molar-refractivity contribution in [3.8, 4) is 0 Å². The highest BCUT2D eigenvalue weighted by molar-refractivity contribution is 6.04. The molecule has 0 bridgehead atoms. The summed E-state index contributed by atoms with van der Waals surface area (Å²) >= 11 is 0. The lowest BCUT2D eigenvalue weighted by Gasteiger charge is -2.11. The van der Waals surface area contributed by atoms with Crippen molar-refractivity contribution in [3.63, 3.8) is 0 Å². The molecular formula is C20H17N3O5. The molecule has 2 N–H and O–H groups in total. The van der Waals surface area contributed by atoms with Crippen molar-refractivity contribution in [2.75, 3.05) is 12.4 Å². The molecule has 1 aromatic carbocycles. The molecule has 0 saturated carbocycles. The van der Waals surface area contributed by atoms with Gasteiger partial charge in [-0.1, -0.05) is 0 Å². The summed E-state index contributed by atoms with van der Waals surface area (Å²) in [4.78, 5) is 40.3. The molecule has 8 nitrogen and oxygen atoms in total. The second kappa shape index (κ2) is 8.63. The number of amides is 2. The first-order valence-corrected chi connectivity index (χ1v) is 8.31. The Bertz CT molecular complexity index is 984. The van der Waals surface area contributed by atoms with Crippen molar-refractivity contribution in [2.45, 2.75) is 6.54 Å². The van der Waals surface area contributed by atoms with E-state index in [2.05, 4.69) is 15.6 Å². The lowest BCUT2D eigenvalue weighted by atomic mass is 10.1. The van der Waals surface area contributed by atoms with E-state index in [1.54, 1.807) is 30.5 Å². The van der Waals surface area contributed by atoms with Crippen LogP contribution in [0.3, 0.4) is 0 Å². The second-order valence-electron chi connectivity index (χ2n) is 5.80. The van der Waals surface area contributed by atoms with Gasteiger partial charge in [-0.25, -0.2) is 4.79 Å². The zero-order chi connectivity index (χ0) is 19.9. The Labute approximate surface area is 160 Å². The number of hydrogen-bond donors (Lipinski definition) is 2. The Morgan fingerprint density at radius 1 is 1.07 bits per heavy atom. The number of hydrogen-bond acceptors (Lipinski definition) is 6. The van der Waals surface area contributed by atoms with Crippen LogP contribution < -0.4 is 10.6 Å². The number of nitrogens with zero attached hydrogens (tertiary/aromatic N) is 1. The molecular weight excluding hydrogens is 362 g/mol. The molecule has 0 aliphatic carbocycles. The molecule has 8 heteroatoms. The van der Waals surface area contributed by atoms with Gasteiger partial charge in [0.1, 0.15) is 6.26 Å². The number of ether oxygens (including phenoxy) is 1. The third kappa shape index (κ3) is 4.61. The minimum Gasteiger partial charge on any atom is -0.472 e. The highest BCUT2D eigenvalue weighted by atomic mass is 16.5. The van der Waals surface area contributed by atoms with Crippen LogP contribution in [-0.2, 0) is 11.3 Å². The summed E-state index contributed by atoms with van der Waals surface area (Å²) in [6.07, 6.45) is 5.73. The van der Waals surface area contributed by atoms with Crippen molar-refractivity contribution in [1.29, 1.82) is 0 Å². The standard InChI is InChI=1S/C20H17N3O5/c1-27-20(26)16-7-13(10-22-18(24)14-3-2-5-21-11-14)8-17(9-16)23-19(25)15-4-6-28-12-15/h2-9,11-12H,10H2,1H3,(H,22,24)(H,23,25). The van der Waals surface area contributed by atoms with Crippen LogP contribution in [0.2, 0.25) is 0 Å². The average Bonchev–Trinajstić information content (AvgIpc) is 3.27. The van der Waals surface area contributed by atoms with E-state index >= 15 is 0 Å². The molecule has 0 atom stereocenters. The van der Waals surface area contributed by atoms with Gasteiger partial charge >= 0.3 is 5.97 Å². The van der Waals surface area contributed by atoms with Gasteiger partial charge in [-0.2, -0.15) is 0 Å². The van der Waals surface area contributed by atoms with E-state index in [4.69, 9.17) is 9.15 Å². The Morgan fingerprint density at radius 2 is 1.93 bits per heavy atom. The number of rotatable bonds is 6. The molecule has 0 saturated heterocycles. The van der Waals surface area contributed by atoms with E-state index in [0.29, 0.717) is 22.4 Å². The van der Waals surface area contributed by atoms with E-state index in [1.165, 1.54) is 38.0 Å². The first-order valence-electron chi connectivity index (χ1n) is 8.31. The van der Waals surface area contributed by atoms with Crippen LogP contribution in [0.5, 0.6) is 0 Å². The van der Waals surface area contributed by atoms with Gasteiger partial charge in [0.05, 0.1) is 30.1 Å². The number of carbonyl (C=O) groups excluding carboxylic acids is 3. The van der Waals surface area contributed by atoms with Crippen LogP contribution in [0, 0.1) is 0 Å². The quantitative estimate of drug-likeness (QED) is 0.637. The first-order chi connectivity index (χ1) is 13.6. The molecule has 2 heterocycles. The van der Waals surface area contributed by atoms with Crippen molar-refractivity contribution in [2.24, 2.45) is 0 Å². The summed E-state index contributed by atoms with van der Waals surface area (Å²) in [5.41, 5.74) is 2.01. The largest absolute Gasteiger partial charge is 0.472 e. The number of pyridine rings is 1. The van der Waals surface area contributed by atoms with Gasteiger partial charge in [-0.15, -0.1) is 0 Å². The van der Waals surface area contributed by atoms with Gasteiger partial charge in [-0.3, -0.25) is 14.6 Å². The number of anilines is 1. The molecule has 0 unspecified atom stereocenters. The Morgan fingerprint density at radius 3 is 2.61 bits per heavy atom. The average molecular weight is 379 g/mol. The summed E-state index contributed by atoms with van der Waals surface area (Å²) in [5, 5.41) is 5.44. The second-order valence-corrected chi connectivity index (χ2v) is 5.80. The normalized spacial score (nSPS) is 10.2. The van der Waals surface area contributed by atoms with Gasteiger partial charge in [0.15, 0.2) is 0 Å². The maximum Gasteiger partial charge on any atom is 0.337 e. The molecule has 3 aromatic rings. The third-order valence-corrected chi connectivity index (χ3v) is 3.83. The maximum atomic E-state index is 12.2. The van der Waals surface area contributed by atoms with Crippen LogP contribution in [-0.4, -0.2) is 29.9 Å². The molecule has 0 spiro atoms. The number of nitrogens with one attached hydrogen (secondary N) is 2. The summed E-state index contributed by atoms with van der Waals surface area (Å²) in [5.74, 6) is -1.25. The third-order valence-electron chi connectivity index (χ3n) is 3.83. The van der Waals surface area contributed by atoms with Gasteiger partial charge in [0.25, 0.3) is 11.8 Å². The smallest absolute Gasteiger partial charge is 0.337 e. The van der Waals surface area contributed by atoms with E-state index in [0.717, 1.165) is 0 Å². The maximum absolute atomic E-state index is 12.2. The Balaban J connectivity index is 1.78. The fraction of sp³-hybridized carbons (Fsp3) is 0.100. The van der Waals surface area contributed by atoms with E-state index in [-0.39, 0.29) is 23.9 Å². The SMILES string of the molecule is COC(=O)c1cc(CNC(=O)c2cccnc2)cc(NC(=O)c2ccoc2)c1. The van der Waals surface area contributed by atoms with Crippen LogP contribution in [0.25, 0.3) is 0 Å². The predicted octanol–water partition coefficient (Wildman–Crippen LogP) is 2.64. The van der Waals surface area contributed by atoms with Crippen molar-refractivity contribution < 1.29 is 23.5 Å². The lowest BCUT2D eigenvalue weighted by molar-refractivity contribution is 0.0600. The van der Waals surface area contributed by atoms with Crippen LogP contribution in [0.15, 0.2) is 65.7 Å². The number of esters is 1. The molecule has 3 rings (SSSR count). The Hall–Kier alpha value is -3.94. The molecule has 28 heavy (non-hydrogen) atoms. The van der Waals surface area contributed by atoms with E-state index in [1.807, 2.05) is 0 Å². The number of furan rings is 1. The zero-order valence-electron chi connectivity index (χ0n) is 15.0.